The van der Waals surface area contributed by atoms with Crippen molar-refractivity contribution in [2.45, 2.75) is 40.0 Å². The second kappa shape index (κ2) is 6.89. The molecule has 3 heteroatoms. The highest BCUT2D eigenvalue weighted by molar-refractivity contribution is 5.78. The van der Waals surface area contributed by atoms with Crippen molar-refractivity contribution in [1.29, 1.82) is 0 Å². The van der Waals surface area contributed by atoms with Crippen molar-refractivity contribution in [3.8, 4) is 0 Å². The van der Waals surface area contributed by atoms with Gasteiger partial charge in [0, 0.05) is 12.5 Å². The van der Waals surface area contributed by atoms with Crippen LogP contribution in [0.3, 0.4) is 0 Å². The molecule has 0 radical (unpaired) electrons. The molecule has 3 nitrogen and oxygen atoms in total. The molecule has 0 saturated carbocycles. The predicted molar refractivity (Wildman–Crippen MR) is 67.2 cm³/mol. The van der Waals surface area contributed by atoms with Gasteiger partial charge in [-0.2, -0.15) is 0 Å². The lowest BCUT2D eigenvalue weighted by atomic mass is 9.88. The third kappa shape index (κ3) is 4.12. The maximum atomic E-state index is 11.8. The Bertz CT molecular complexity index is 218. The fourth-order valence-corrected chi connectivity index (χ4v) is 2.30. The van der Waals surface area contributed by atoms with Crippen LogP contribution in [-0.2, 0) is 4.79 Å². The van der Waals surface area contributed by atoms with Crippen LogP contribution in [0.5, 0.6) is 0 Å². The van der Waals surface area contributed by atoms with E-state index in [9.17, 15) is 4.79 Å². The average molecular weight is 226 g/mol. The number of nitrogens with one attached hydrogen (secondary N) is 2. The quantitative estimate of drug-likeness (QED) is 0.750. The van der Waals surface area contributed by atoms with Crippen LogP contribution in [-0.4, -0.2) is 25.5 Å². The van der Waals surface area contributed by atoms with E-state index in [1.165, 1.54) is 6.42 Å². The van der Waals surface area contributed by atoms with Crippen molar-refractivity contribution < 1.29 is 4.79 Å². The van der Waals surface area contributed by atoms with E-state index in [-0.39, 0.29) is 11.8 Å². The van der Waals surface area contributed by atoms with Gasteiger partial charge < -0.3 is 10.6 Å². The Morgan fingerprint density at radius 1 is 1.56 bits per heavy atom. The van der Waals surface area contributed by atoms with Gasteiger partial charge in [-0.05, 0) is 37.8 Å². The first-order chi connectivity index (χ1) is 7.65. The van der Waals surface area contributed by atoms with Crippen LogP contribution < -0.4 is 10.6 Å². The molecule has 3 atom stereocenters. The average Bonchev–Trinajstić information content (AvgIpc) is 2.28. The number of carbonyl (C=O) groups excluding carboxylic acids is 1. The van der Waals surface area contributed by atoms with Gasteiger partial charge in [-0.1, -0.05) is 27.2 Å². The highest BCUT2D eigenvalue weighted by atomic mass is 16.1. The molecule has 94 valence electrons. The summed E-state index contributed by atoms with van der Waals surface area (Å²) in [6.07, 6.45) is 3.30. The van der Waals surface area contributed by atoms with Crippen molar-refractivity contribution in [2.75, 3.05) is 19.6 Å². The van der Waals surface area contributed by atoms with E-state index in [1.54, 1.807) is 0 Å². The van der Waals surface area contributed by atoms with Gasteiger partial charge in [-0.3, -0.25) is 4.79 Å². The van der Waals surface area contributed by atoms with E-state index >= 15 is 0 Å². The molecule has 1 heterocycles. The zero-order valence-corrected chi connectivity index (χ0v) is 10.9. The lowest BCUT2D eigenvalue weighted by Gasteiger charge is -2.30. The number of rotatable bonds is 5. The molecule has 1 rings (SSSR count). The molecule has 0 bridgehead atoms. The van der Waals surface area contributed by atoms with Gasteiger partial charge in [0.15, 0.2) is 0 Å². The Hall–Kier alpha value is -0.570. The van der Waals surface area contributed by atoms with Crippen molar-refractivity contribution in [3.05, 3.63) is 0 Å². The van der Waals surface area contributed by atoms with Crippen LogP contribution in [0.2, 0.25) is 0 Å². The summed E-state index contributed by atoms with van der Waals surface area (Å²) in [5.74, 6) is 1.71. The molecule has 1 fully saturated rings. The highest BCUT2D eigenvalue weighted by Gasteiger charge is 2.22. The molecule has 2 N–H and O–H groups in total. The summed E-state index contributed by atoms with van der Waals surface area (Å²) >= 11 is 0. The largest absolute Gasteiger partial charge is 0.356 e. The standard InChI is InChI=1S/C13H26N2O/c1-4-5-11(3)13(16)15-9-12-8-14-7-6-10(12)2/h10-12,14H,4-9H2,1-3H3,(H,15,16). The van der Waals surface area contributed by atoms with Crippen molar-refractivity contribution >= 4 is 5.91 Å². The van der Waals surface area contributed by atoms with E-state index in [0.717, 1.165) is 38.4 Å². The van der Waals surface area contributed by atoms with Crippen molar-refractivity contribution in [2.24, 2.45) is 17.8 Å². The van der Waals surface area contributed by atoms with Gasteiger partial charge in [0.1, 0.15) is 0 Å². The molecule has 0 aliphatic carbocycles. The van der Waals surface area contributed by atoms with E-state index in [0.29, 0.717) is 5.92 Å². The maximum Gasteiger partial charge on any atom is 0.222 e. The fraction of sp³-hybridized carbons (Fsp3) is 0.923. The number of carbonyl (C=O) groups is 1. The molecule has 0 spiro atoms. The lowest BCUT2D eigenvalue weighted by molar-refractivity contribution is -0.125. The van der Waals surface area contributed by atoms with Crippen molar-refractivity contribution in [1.82, 2.24) is 10.6 Å². The van der Waals surface area contributed by atoms with Gasteiger partial charge in [-0.25, -0.2) is 0 Å². The Labute approximate surface area is 99.4 Å². The zero-order valence-electron chi connectivity index (χ0n) is 10.9. The molecule has 0 aromatic heterocycles. The van der Waals surface area contributed by atoms with Crippen LogP contribution in [0.4, 0.5) is 0 Å². The van der Waals surface area contributed by atoms with Gasteiger partial charge in [-0.15, -0.1) is 0 Å². The predicted octanol–water partition coefficient (Wildman–Crippen LogP) is 1.78. The molecular weight excluding hydrogens is 200 g/mol. The Balaban J connectivity index is 2.24. The molecule has 0 aromatic rings. The molecule has 3 unspecified atom stereocenters. The molecule has 16 heavy (non-hydrogen) atoms. The number of piperidine rings is 1. The molecule has 1 aliphatic heterocycles. The maximum absolute atomic E-state index is 11.8. The normalized spacial score (nSPS) is 27.4. The third-order valence-electron chi connectivity index (χ3n) is 3.70. The topological polar surface area (TPSA) is 41.1 Å². The van der Waals surface area contributed by atoms with Crippen LogP contribution in [0, 0.1) is 17.8 Å². The molecule has 1 aliphatic rings. The van der Waals surface area contributed by atoms with E-state index < -0.39 is 0 Å². The van der Waals surface area contributed by atoms with Gasteiger partial charge >= 0.3 is 0 Å². The zero-order chi connectivity index (χ0) is 12.0. The van der Waals surface area contributed by atoms with Crippen LogP contribution in [0.25, 0.3) is 0 Å². The van der Waals surface area contributed by atoms with Crippen molar-refractivity contribution in [3.63, 3.8) is 0 Å². The summed E-state index contributed by atoms with van der Waals surface area (Å²) in [7, 11) is 0. The minimum Gasteiger partial charge on any atom is -0.356 e. The fourth-order valence-electron chi connectivity index (χ4n) is 2.30. The van der Waals surface area contributed by atoms with Crippen LogP contribution in [0.1, 0.15) is 40.0 Å². The summed E-state index contributed by atoms with van der Waals surface area (Å²) in [5.41, 5.74) is 0. The summed E-state index contributed by atoms with van der Waals surface area (Å²) < 4.78 is 0. The van der Waals surface area contributed by atoms with Gasteiger partial charge in [0.05, 0.1) is 0 Å². The number of amides is 1. The van der Waals surface area contributed by atoms with E-state index in [4.69, 9.17) is 0 Å². The summed E-state index contributed by atoms with van der Waals surface area (Å²) in [6.45, 7) is 9.42. The van der Waals surface area contributed by atoms with Gasteiger partial charge in [0.2, 0.25) is 5.91 Å². The monoisotopic (exact) mass is 226 g/mol. The first kappa shape index (κ1) is 13.5. The smallest absolute Gasteiger partial charge is 0.222 e. The second-order valence-electron chi connectivity index (χ2n) is 5.17. The lowest BCUT2D eigenvalue weighted by Crippen LogP contribution is -2.43. The second-order valence-corrected chi connectivity index (χ2v) is 5.17. The molecular formula is C13H26N2O. The Morgan fingerprint density at radius 3 is 2.94 bits per heavy atom. The summed E-state index contributed by atoms with van der Waals surface area (Å²) in [4.78, 5) is 11.8. The van der Waals surface area contributed by atoms with Gasteiger partial charge in [0.25, 0.3) is 0 Å². The summed E-state index contributed by atoms with van der Waals surface area (Å²) in [6, 6.07) is 0. The van der Waals surface area contributed by atoms with Crippen LogP contribution >= 0.6 is 0 Å². The SMILES string of the molecule is CCCC(C)C(=O)NCC1CNCCC1C. The Kier molecular flexibility index (Phi) is 5.81. The first-order valence-electron chi connectivity index (χ1n) is 6.63. The molecule has 1 saturated heterocycles. The van der Waals surface area contributed by atoms with E-state index in [1.807, 2.05) is 6.92 Å². The number of hydrogen-bond acceptors (Lipinski definition) is 2. The highest BCUT2D eigenvalue weighted by Crippen LogP contribution is 2.17. The summed E-state index contributed by atoms with van der Waals surface area (Å²) in [5, 5.41) is 6.48. The minimum atomic E-state index is 0.164. The van der Waals surface area contributed by atoms with Crippen LogP contribution in [0.15, 0.2) is 0 Å². The molecule has 0 aromatic carbocycles. The molecule has 1 amide bonds. The first-order valence-corrected chi connectivity index (χ1v) is 6.63. The Morgan fingerprint density at radius 2 is 2.31 bits per heavy atom. The number of hydrogen-bond donors (Lipinski definition) is 2. The minimum absolute atomic E-state index is 0.164. The van der Waals surface area contributed by atoms with E-state index in [2.05, 4.69) is 24.5 Å². The third-order valence-corrected chi connectivity index (χ3v) is 3.70.